The summed E-state index contributed by atoms with van der Waals surface area (Å²) in [5.41, 5.74) is 4.12. The maximum Gasteiger partial charge on any atom is 0.258 e. The highest BCUT2D eigenvalue weighted by atomic mass is 19.1. The maximum atomic E-state index is 13.4. The highest BCUT2D eigenvalue weighted by Crippen LogP contribution is 2.31. The van der Waals surface area contributed by atoms with Crippen molar-refractivity contribution in [3.05, 3.63) is 93.9 Å². The van der Waals surface area contributed by atoms with Gasteiger partial charge in [0.15, 0.2) is 5.82 Å². The third-order valence-corrected chi connectivity index (χ3v) is 5.76. The third kappa shape index (κ3) is 3.58. The van der Waals surface area contributed by atoms with E-state index in [1.165, 1.54) is 12.1 Å². The van der Waals surface area contributed by atoms with Gasteiger partial charge in [-0.2, -0.15) is 0 Å². The first-order valence-electron chi connectivity index (χ1n) is 10.3. The van der Waals surface area contributed by atoms with Crippen molar-refractivity contribution < 1.29 is 9.13 Å². The molecule has 162 valence electrons. The van der Waals surface area contributed by atoms with E-state index in [0.717, 1.165) is 22.4 Å². The molecule has 0 amide bonds. The van der Waals surface area contributed by atoms with Gasteiger partial charge in [0.1, 0.15) is 12.4 Å². The molecular weight excluding hydrogens is 409 g/mol. The minimum atomic E-state index is -0.285. The number of benzene rings is 2. The van der Waals surface area contributed by atoms with Gasteiger partial charge < -0.3 is 14.6 Å². The van der Waals surface area contributed by atoms with E-state index in [4.69, 9.17) is 4.74 Å². The lowest BCUT2D eigenvalue weighted by Gasteiger charge is -2.27. The maximum absolute atomic E-state index is 13.4. The van der Waals surface area contributed by atoms with Crippen LogP contribution in [-0.4, -0.2) is 25.9 Å². The Hall–Kier alpha value is -3.78. The number of hydrogen-bond donors (Lipinski definition) is 1. The number of hydrogen-bond acceptors (Lipinski definition) is 5. The summed E-state index contributed by atoms with van der Waals surface area (Å²) in [6, 6.07) is 15.7. The first kappa shape index (κ1) is 20.1. The van der Waals surface area contributed by atoms with E-state index in [1.807, 2.05) is 41.8 Å². The molecule has 3 heterocycles. The number of rotatable bonds is 4. The SMILES string of the molecule is Cc1ccc(-c2cccn(C)c2=O)cc1Nc1nnc2n1[C@H](c1ccc(F)cc1)COC2. The molecule has 8 heteroatoms. The van der Waals surface area contributed by atoms with Crippen LogP contribution in [0.5, 0.6) is 0 Å². The molecule has 1 aliphatic rings. The molecule has 0 radical (unpaired) electrons. The van der Waals surface area contributed by atoms with Gasteiger partial charge in [0, 0.05) is 24.5 Å². The Kier molecular flexibility index (Phi) is 5.07. The van der Waals surface area contributed by atoms with Crippen molar-refractivity contribution in [1.29, 1.82) is 0 Å². The van der Waals surface area contributed by atoms with Crippen LogP contribution in [0.25, 0.3) is 11.1 Å². The molecule has 7 nitrogen and oxygen atoms in total. The summed E-state index contributed by atoms with van der Waals surface area (Å²) in [5.74, 6) is 0.977. The van der Waals surface area contributed by atoms with Crippen LogP contribution in [0, 0.1) is 12.7 Å². The van der Waals surface area contributed by atoms with Gasteiger partial charge in [0.25, 0.3) is 5.56 Å². The molecule has 0 saturated carbocycles. The number of anilines is 2. The number of nitrogens with one attached hydrogen (secondary N) is 1. The van der Waals surface area contributed by atoms with Gasteiger partial charge in [0.05, 0.1) is 12.6 Å². The molecule has 0 bridgehead atoms. The number of nitrogens with zero attached hydrogens (tertiary/aromatic N) is 4. The lowest BCUT2D eigenvalue weighted by Crippen LogP contribution is -2.25. The summed E-state index contributed by atoms with van der Waals surface area (Å²) in [7, 11) is 1.74. The highest BCUT2D eigenvalue weighted by Gasteiger charge is 2.27. The number of ether oxygens (including phenoxy) is 1. The zero-order valence-electron chi connectivity index (χ0n) is 17.7. The third-order valence-electron chi connectivity index (χ3n) is 5.76. The van der Waals surface area contributed by atoms with E-state index in [1.54, 1.807) is 29.9 Å². The van der Waals surface area contributed by atoms with E-state index < -0.39 is 0 Å². The fraction of sp³-hybridized carbons (Fsp3) is 0.208. The van der Waals surface area contributed by atoms with Gasteiger partial charge in [-0.1, -0.05) is 24.3 Å². The summed E-state index contributed by atoms with van der Waals surface area (Å²) in [6.07, 6.45) is 1.74. The van der Waals surface area contributed by atoms with Gasteiger partial charge in [-0.05, 0) is 53.9 Å². The molecule has 1 aliphatic heterocycles. The lowest BCUT2D eigenvalue weighted by atomic mass is 10.0. The van der Waals surface area contributed by atoms with Crippen molar-refractivity contribution >= 4 is 11.6 Å². The minimum Gasteiger partial charge on any atom is -0.371 e. The quantitative estimate of drug-likeness (QED) is 0.530. The van der Waals surface area contributed by atoms with Crippen LogP contribution in [0.3, 0.4) is 0 Å². The van der Waals surface area contributed by atoms with E-state index in [0.29, 0.717) is 30.5 Å². The van der Waals surface area contributed by atoms with Crippen LogP contribution in [0.15, 0.2) is 65.6 Å². The Balaban J connectivity index is 1.53. The molecule has 4 aromatic rings. The van der Waals surface area contributed by atoms with Crippen LogP contribution in [0.4, 0.5) is 16.0 Å². The zero-order chi connectivity index (χ0) is 22.2. The normalized spacial score (nSPS) is 15.4. The topological polar surface area (TPSA) is 74.0 Å². The molecule has 0 fully saturated rings. The monoisotopic (exact) mass is 431 g/mol. The van der Waals surface area contributed by atoms with Gasteiger partial charge in [0.2, 0.25) is 5.95 Å². The fourth-order valence-corrected chi connectivity index (χ4v) is 3.96. The van der Waals surface area contributed by atoms with Crippen LogP contribution in [0.2, 0.25) is 0 Å². The molecule has 1 atom stereocenters. The smallest absolute Gasteiger partial charge is 0.258 e. The molecule has 0 unspecified atom stereocenters. The van der Waals surface area contributed by atoms with E-state index in [2.05, 4.69) is 15.5 Å². The Bertz CT molecular complexity index is 1340. The summed E-state index contributed by atoms with van der Waals surface area (Å²) < 4.78 is 22.7. The van der Waals surface area contributed by atoms with Crippen molar-refractivity contribution in [1.82, 2.24) is 19.3 Å². The van der Waals surface area contributed by atoms with Crippen LogP contribution in [-0.2, 0) is 18.4 Å². The van der Waals surface area contributed by atoms with E-state index in [-0.39, 0.29) is 17.4 Å². The number of pyridine rings is 1. The summed E-state index contributed by atoms with van der Waals surface area (Å²) in [5, 5.41) is 12.0. The van der Waals surface area contributed by atoms with Crippen molar-refractivity contribution in [2.24, 2.45) is 7.05 Å². The number of aromatic nitrogens is 4. The van der Waals surface area contributed by atoms with Crippen molar-refractivity contribution in [2.45, 2.75) is 19.6 Å². The van der Waals surface area contributed by atoms with Crippen molar-refractivity contribution in [2.75, 3.05) is 11.9 Å². The largest absolute Gasteiger partial charge is 0.371 e. The molecule has 2 aromatic heterocycles. The predicted octanol–water partition coefficient (Wildman–Crippen LogP) is 3.95. The van der Waals surface area contributed by atoms with Crippen molar-refractivity contribution in [3.8, 4) is 11.1 Å². The first-order valence-corrected chi connectivity index (χ1v) is 10.3. The molecule has 0 aliphatic carbocycles. The number of fused-ring (bicyclic) bond motifs is 1. The fourth-order valence-electron chi connectivity index (χ4n) is 3.96. The van der Waals surface area contributed by atoms with E-state index >= 15 is 0 Å². The highest BCUT2D eigenvalue weighted by molar-refractivity contribution is 5.71. The average molecular weight is 431 g/mol. The molecule has 1 N–H and O–H groups in total. The number of halogens is 1. The second-order valence-corrected chi connectivity index (χ2v) is 7.88. The van der Waals surface area contributed by atoms with E-state index in [9.17, 15) is 9.18 Å². The summed E-state index contributed by atoms with van der Waals surface area (Å²) in [6.45, 7) is 2.78. The zero-order valence-corrected chi connectivity index (χ0v) is 17.7. The molecule has 0 saturated heterocycles. The summed E-state index contributed by atoms with van der Waals surface area (Å²) >= 11 is 0. The Labute approximate surface area is 184 Å². The van der Waals surface area contributed by atoms with Gasteiger partial charge in [-0.3, -0.25) is 9.36 Å². The Morgan fingerprint density at radius 3 is 2.75 bits per heavy atom. The van der Waals surface area contributed by atoms with Crippen LogP contribution >= 0.6 is 0 Å². The average Bonchev–Trinajstić information content (AvgIpc) is 3.21. The summed E-state index contributed by atoms with van der Waals surface area (Å²) in [4.78, 5) is 12.6. The Morgan fingerprint density at radius 1 is 1.12 bits per heavy atom. The molecule has 0 spiro atoms. The molecular formula is C24H22FN5O2. The lowest BCUT2D eigenvalue weighted by molar-refractivity contribution is 0.0670. The number of aryl methyl sites for hydroxylation is 2. The van der Waals surface area contributed by atoms with Crippen LogP contribution < -0.4 is 10.9 Å². The first-order chi connectivity index (χ1) is 15.5. The molecule has 2 aromatic carbocycles. The van der Waals surface area contributed by atoms with Gasteiger partial charge >= 0.3 is 0 Å². The molecule has 32 heavy (non-hydrogen) atoms. The molecule has 5 rings (SSSR count). The second-order valence-electron chi connectivity index (χ2n) is 7.88. The second kappa shape index (κ2) is 8.05. The van der Waals surface area contributed by atoms with Gasteiger partial charge in [-0.25, -0.2) is 4.39 Å². The standard InChI is InChI=1S/C24H22FN5O2/c1-15-5-6-17(19-4-3-11-29(2)23(19)31)12-20(15)26-24-28-27-22-14-32-13-21(30(22)24)16-7-9-18(25)10-8-16/h3-12,21H,13-14H2,1-2H3,(H,26,28)/t21-/m0/s1. The predicted molar refractivity (Wildman–Crippen MR) is 119 cm³/mol. The van der Waals surface area contributed by atoms with Crippen molar-refractivity contribution in [3.63, 3.8) is 0 Å². The van der Waals surface area contributed by atoms with Gasteiger partial charge in [-0.15, -0.1) is 10.2 Å². The van der Waals surface area contributed by atoms with Crippen LogP contribution in [0.1, 0.15) is 23.0 Å². The minimum absolute atomic E-state index is 0.0596. The Morgan fingerprint density at radius 2 is 1.94 bits per heavy atom.